The molecule has 2 rings (SSSR count). The monoisotopic (exact) mass is 253 g/mol. The molecule has 18 heavy (non-hydrogen) atoms. The Labute approximate surface area is 104 Å². The van der Waals surface area contributed by atoms with Gasteiger partial charge >= 0.3 is 12.0 Å². The lowest BCUT2D eigenvalue weighted by Gasteiger charge is -2.12. The number of carbonyl (C=O) groups excluding carboxylic acids is 1. The smallest absolute Gasteiger partial charge is 0.317 e. The molecule has 2 N–H and O–H groups in total. The van der Waals surface area contributed by atoms with Gasteiger partial charge in [0.15, 0.2) is 0 Å². The van der Waals surface area contributed by atoms with Gasteiger partial charge in [0.1, 0.15) is 0 Å². The summed E-state index contributed by atoms with van der Waals surface area (Å²) in [6.07, 6.45) is 2.14. The van der Waals surface area contributed by atoms with Crippen LogP contribution in [-0.2, 0) is 17.8 Å². The van der Waals surface area contributed by atoms with Crippen LogP contribution in [0.3, 0.4) is 0 Å². The summed E-state index contributed by atoms with van der Waals surface area (Å²) < 4.78 is 1.63. The van der Waals surface area contributed by atoms with Gasteiger partial charge in [0.2, 0.25) is 0 Å². The second-order valence-electron chi connectivity index (χ2n) is 4.09. The van der Waals surface area contributed by atoms with Crippen molar-refractivity contribution in [2.75, 3.05) is 19.6 Å². The maximum atomic E-state index is 11.3. The highest BCUT2D eigenvalue weighted by Crippen LogP contribution is 2.00. The topological polar surface area (TPSA) is 100 Å². The number of nitrogens with one attached hydrogen (secondary N) is 1. The molecule has 0 spiro atoms. The first kappa shape index (κ1) is 12.3. The zero-order valence-corrected chi connectivity index (χ0v) is 9.87. The maximum Gasteiger partial charge on any atom is 0.317 e. The molecule has 0 radical (unpaired) electrons. The van der Waals surface area contributed by atoms with Gasteiger partial charge in [0, 0.05) is 32.3 Å². The lowest BCUT2D eigenvalue weighted by Crippen LogP contribution is -2.31. The minimum Gasteiger partial charge on any atom is -0.481 e. The van der Waals surface area contributed by atoms with Crippen molar-refractivity contribution in [2.24, 2.45) is 0 Å². The number of hydrogen-bond donors (Lipinski definition) is 2. The number of aromatic nitrogens is 3. The molecule has 1 saturated heterocycles. The fourth-order valence-corrected chi connectivity index (χ4v) is 1.75. The van der Waals surface area contributed by atoms with Gasteiger partial charge in [0.25, 0.3) is 0 Å². The first-order chi connectivity index (χ1) is 8.65. The van der Waals surface area contributed by atoms with Crippen LogP contribution in [0.2, 0.25) is 0 Å². The fourth-order valence-electron chi connectivity index (χ4n) is 1.75. The third-order valence-corrected chi connectivity index (χ3v) is 2.73. The van der Waals surface area contributed by atoms with Crippen LogP contribution in [0.25, 0.3) is 0 Å². The van der Waals surface area contributed by atoms with Gasteiger partial charge in [0.05, 0.1) is 18.7 Å². The number of hydrogen-bond acceptors (Lipinski definition) is 4. The summed E-state index contributed by atoms with van der Waals surface area (Å²) in [5.41, 5.74) is 0.656. The Morgan fingerprint density at radius 1 is 1.50 bits per heavy atom. The summed E-state index contributed by atoms with van der Waals surface area (Å²) in [6.45, 7) is 2.53. The fraction of sp³-hybridized carbons (Fsp3) is 0.600. The van der Waals surface area contributed by atoms with E-state index >= 15 is 0 Å². The van der Waals surface area contributed by atoms with Crippen LogP contribution < -0.4 is 5.32 Å². The summed E-state index contributed by atoms with van der Waals surface area (Å²) in [6, 6.07) is -0.0544. The Kier molecular flexibility index (Phi) is 3.75. The first-order valence-corrected chi connectivity index (χ1v) is 5.79. The highest BCUT2D eigenvalue weighted by molar-refractivity contribution is 5.76. The van der Waals surface area contributed by atoms with E-state index in [1.807, 2.05) is 0 Å². The van der Waals surface area contributed by atoms with Crippen LogP contribution in [0, 0.1) is 0 Å². The van der Waals surface area contributed by atoms with Crippen LogP contribution in [0.4, 0.5) is 4.79 Å². The Balaban J connectivity index is 1.79. The number of urea groups is 1. The summed E-state index contributed by atoms with van der Waals surface area (Å²) >= 11 is 0. The molecule has 0 unspecified atom stereocenters. The Morgan fingerprint density at radius 3 is 3.00 bits per heavy atom. The van der Waals surface area contributed by atoms with Crippen molar-refractivity contribution in [3.05, 3.63) is 11.9 Å². The van der Waals surface area contributed by atoms with Crippen molar-refractivity contribution in [3.63, 3.8) is 0 Å². The molecule has 0 aromatic carbocycles. The van der Waals surface area contributed by atoms with Crippen LogP contribution in [0.5, 0.6) is 0 Å². The molecule has 0 aliphatic carbocycles. The van der Waals surface area contributed by atoms with E-state index in [9.17, 15) is 9.59 Å². The van der Waals surface area contributed by atoms with E-state index in [1.165, 1.54) is 0 Å². The standard InChI is InChI=1S/C10H15N5O3/c16-9(17)2-1-8-7-15(13-12-8)6-5-14-4-3-11-10(14)18/h7H,1-6H2,(H,11,18)(H,16,17). The molecule has 2 amide bonds. The number of nitrogens with zero attached hydrogens (tertiary/aromatic N) is 4. The summed E-state index contributed by atoms with van der Waals surface area (Å²) in [4.78, 5) is 23.4. The summed E-state index contributed by atoms with van der Waals surface area (Å²) in [5.74, 6) is -0.849. The number of aliphatic carboxylic acids is 1. The normalized spacial score (nSPS) is 14.9. The van der Waals surface area contributed by atoms with Crippen LogP contribution in [0.15, 0.2) is 6.20 Å². The Hall–Kier alpha value is -2.12. The third-order valence-electron chi connectivity index (χ3n) is 2.73. The van der Waals surface area contributed by atoms with E-state index in [4.69, 9.17) is 5.11 Å². The molecule has 1 aromatic rings. The Morgan fingerprint density at radius 2 is 2.33 bits per heavy atom. The van der Waals surface area contributed by atoms with Crippen molar-refractivity contribution in [1.29, 1.82) is 0 Å². The minimum atomic E-state index is -0.849. The van der Waals surface area contributed by atoms with E-state index in [0.29, 0.717) is 38.3 Å². The van der Waals surface area contributed by atoms with Crippen LogP contribution >= 0.6 is 0 Å². The zero-order chi connectivity index (χ0) is 13.0. The van der Waals surface area contributed by atoms with Gasteiger partial charge in [-0.15, -0.1) is 5.10 Å². The molecule has 1 fully saturated rings. The van der Waals surface area contributed by atoms with E-state index in [-0.39, 0.29) is 12.5 Å². The molecule has 0 saturated carbocycles. The molecule has 2 heterocycles. The van der Waals surface area contributed by atoms with Gasteiger partial charge in [-0.3, -0.25) is 9.48 Å². The van der Waals surface area contributed by atoms with Gasteiger partial charge < -0.3 is 15.3 Å². The molecular formula is C10H15N5O3. The SMILES string of the molecule is O=C(O)CCc1cn(CCN2CCNC2=O)nn1. The molecule has 1 aromatic heterocycles. The highest BCUT2D eigenvalue weighted by atomic mass is 16.4. The largest absolute Gasteiger partial charge is 0.481 e. The molecule has 98 valence electrons. The summed E-state index contributed by atoms with van der Waals surface area (Å²) in [5, 5.41) is 19.1. The number of carboxylic acid groups (broad SMARTS) is 1. The third kappa shape index (κ3) is 3.19. The van der Waals surface area contributed by atoms with E-state index in [1.54, 1.807) is 15.8 Å². The number of rotatable bonds is 6. The zero-order valence-electron chi connectivity index (χ0n) is 9.87. The number of carbonyl (C=O) groups is 2. The van der Waals surface area contributed by atoms with Crippen molar-refractivity contribution in [1.82, 2.24) is 25.2 Å². The second kappa shape index (κ2) is 5.48. The number of aryl methyl sites for hydroxylation is 1. The molecule has 0 atom stereocenters. The average molecular weight is 253 g/mol. The van der Waals surface area contributed by atoms with Gasteiger partial charge in [-0.25, -0.2) is 4.79 Å². The number of carboxylic acids is 1. The lowest BCUT2D eigenvalue weighted by molar-refractivity contribution is -0.136. The quantitative estimate of drug-likeness (QED) is 0.699. The van der Waals surface area contributed by atoms with E-state index < -0.39 is 5.97 Å². The highest BCUT2D eigenvalue weighted by Gasteiger charge is 2.18. The van der Waals surface area contributed by atoms with Crippen LogP contribution in [0.1, 0.15) is 12.1 Å². The van der Waals surface area contributed by atoms with E-state index in [0.717, 1.165) is 0 Å². The molecule has 8 heteroatoms. The predicted octanol–water partition coefficient (Wildman–Crippen LogP) is -0.679. The molecule has 1 aliphatic heterocycles. The van der Waals surface area contributed by atoms with Crippen molar-refractivity contribution in [2.45, 2.75) is 19.4 Å². The Bertz CT molecular complexity index is 444. The average Bonchev–Trinajstić information content (AvgIpc) is 2.93. The summed E-state index contributed by atoms with van der Waals surface area (Å²) in [7, 11) is 0. The minimum absolute atomic E-state index is 0.0488. The van der Waals surface area contributed by atoms with Gasteiger partial charge in [-0.1, -0.05) is 5.21 Å². The van der Waals surface area contributed by atoms with Crippen molar-refractivity contribution >= 4 is 12.0 Å². The van der Waals surface area contributed by atoms with Crippen molar-refractivity contribution in [3.8, 4) is 0 Å². The molecule has 8 nitrogen and oxygen atoms in total. The van der Waals surface area contributed by atoms with Crippen molar-refractivity contribution < 1.29 is 14.7 Å². The second-order valence-corrected chi connectivity index (χ2v) is 4.09. The predicted molar refractivity (Wildman–Crippen MR) is 61.0 cm³/mol. The first-order valence-electron chi connectivity index (χ1n) is 5.79. The lowest BCUT2D eigenvalue weighted by atomic mass is 10.2. The maximum absolute atomic E-state index is 11.3. The van der Waals surface area contributed by atoms with Gasteiger partial charge in [-0.05, 0) is 0 Å². The van der Waals surface area contributed by atoms with Crippen LogP contribution in [-0.4, -0.2) is 56.6 Å². The molecule has 0 bridgehead atoms. The molecule has 1 aliphatic rings. The van der Waals surface area contributed by atoms with Gasteiger partial charge in [-0.2, -0.15) is 0 Å². The number of amides is 2. The molecular weight excluding hydrogens is 238 g/mol. The van der Waals surface area contributed by atoms with E-state index in [2.05, 4.69) is 15.6 Å².